The largest absolute Gasteiger partial charge is 0.368 e. The zero-order chi connectivity index (χ0) is 21.9. The quantitative estimate of drug-likeness (QED) is 0.524. The highest BCUT2D eigenvalue weighted by Gasteiger charge is 2.24. The molecule has 7 nitrogen and oxygen atoms in total. The van der Waals surface area contributed by atoms with Crippen LogP contribution in [0.1, 0.15) is 19.5 Å². The van der Waals surface area contributed by atoms with Gasteiger partial charge in [-0.05, 0) is 32.9 Å². The Labute approximate surface area is 178 Å². The molecule has 5 rings (SSSR count). The predicted octanol–water partition coefficient (Wildman–Crippen LogP) is 3.74. The van der Waals surface area contributed by atoms with Gasteiger partial charge in [0.25, 0.3) is 0 Å². The number of pyridine rings is 1. The van der Waals surface area contributed by atoms with Crippen molar-refractivity contribution < 1.29 is 8.78 Å². The summed E-state index contributed by atoms with van der Waals surface area (Å²) in [7, 11) is 1.78. The Morgan fingerprint density at radius 2 is 1.81 bits per heavy atom. The number of imidazole rings is 1. The van der Waals surface area contributed by atoms with E-state index >= 15 is 4.39 Å². The molecule has 2 N–H and O–H groups in total. The van der Waals surface area contributed by atoms with Gasteiger partial charge in [0.2, 0.25) is 0 Å². The summed E-state index contributed by atoms with van der Waals surface area (Å²) in [6.07, 6.45) is 3.46. The summed E-state index contributed by atoms with van der Waals surface area (Å²) in [6, 6.07) is 5.51. The number of aromatic nitrogens is 4. The maximum Gasteiger partial charge on any atom is 0.173 e. The van der Waals surface area contributed by atoms with E-state index in [9.17, 15) is 4.39 Å². The van der Waals surface area contributed by atoms with E-state index in [-0.39, 0.29) is 11.5 Å². The summed E-state index contributed by atoms with van der Waals surface area (Å²) in [5.41, 5.74) is 2.95. The Morgan fingerprint density at radius 3 is 2.55 bits per heavy atom. The van der Waals surface area contributed by atoms with Crippen LogP contribution in [0.2, 0.25) is 0 Å². The summed E-state index contributed by atoms with van der Waals surface area (Å²) >= 11 is 0. The Morgan fingerprint density at radius 1 is 1.06 bits per heavy atom. The van der Waals surface area contributed by atoms with E-state index in [1.165, 1.54) is 6.07 Å². The van der Waals surface area contributed by atoms with Crippen LogP contribution in [0.4, 0.5) is 26.0 Å². The van der Waals surface area contributed by atoms with E-state index in [1.54, 1.807) is 41.5 Å². The second-order valence-electron chi connectivity index (χ2n) is 8.48. The first kappa shape index (κ1) is 19.7. The van der Waals surface area contributed by atoms with Gasteiger partial charge in [-0.15, -0.1) is 0 Å². The van der Waals surface area contributed by atoms with Crippen LogP contribution in [-0.4, -0.2) is 44.3 Å². The molecule has 1 aromatic carbocycles. The van der Waals surface area contributed by atoms with Crippen LogP contribution in [0, 0.1) is 18.6 Å². The average Bonchev–Trinajstić information content (AvgIpc) is 3.21. The molecular weight excluding hydrogens is 400 g/mol. The third kappa shape index (κ3) is 3.48. The van der Waals surface area contributed by atoms with Crippen molar-refractivity contribution in [1.82, 2.24) is 24.5 Å². The molecule has 0 saturated carbocycles. The number of benzene rings is 1. The third-order valence-corrected chi connectivity index (χ3v) is 5.70. The normalized spacial score (nSPS) is 19.5. The number of piperazine rings is 1. The van der Waals surface area contributed by atoms with Gasteiger partial charge in [-0.25, -0.2) is 13.8 Å². The number of halogens is 2. The molecular formula is C22H25F2N7. The van der Waals surface area contributed by atoms with Crippen LogP contribution in [0.25, 0.3) is 16.6 Å². The molecule has 1 saturated heterocycles. The molecule has 4 heterocycles. The van der Waals surface area contributed by atoms with Gasteiger partial charge in [-0.2, -0.15) is 5.10 Å². The third-order valence-electron chi connectivity index (χ3n) is 5.70. The molecule has 31 heavy (non-hydrogen) atoms. The van der Waals surface area contributed by atoms with Crippen LogP contribution in [0.5, 0.6) is 0 Å². The van der Waals surface area contributed by atoms with Gasteiger partial charge in [-0.1, -0.05) is 0 Å². The van der Waals surface area contributed by atoms with Crippen molar-refractivity contribution in [2.24, 2.45) is 7.05 Å². The van der Waals surface area contributed by atoms with E-state index in [0.29, 0.717) is 34.5 Å². The fourth-order valence-corrected chi connectivity index (χ4v) is 4.51. The zero-order valence-electron chi connectivity index (χ0n) is 17.9. The second-order valence-corrected chi connectivity index (χ2v) is 8.48. The molecule has 1 fully saturated rings. The fourth-order valence-electron chi connectivity index (χ4n) is 4.51. The molecule has 1 aliphatic heterocycles. The first-order valence-corrected chi connectivity index (χ1v) is 10.4. The molecule has 4 aromatic rings. The highest BCUT2D eigenvalue weighted by molar-refractivity contribution is 5.94. The number of aryl methyl sites for hydroxylation is 2. The second kappa shape index (κ2) is 7.19. The van der Waals surface area contributed by atoms with Gasteiger partial charge in [0.1, 0.15) is 5.82 Å². The summed E-state index contributed by atoms with van der Waals surface area (Å²) < 4.78 is 33.0. The molecule has 3 aromatic heterocycles. The molecule has 2 atom stereocenters. The standard InChI is InChI=1S/C22H25F2N7/c1-12-8-30(9-13(2)25-12)16-6-17(23)20-19(7-16)29(4)28-21(20)27-15-5-18(24)22-26-14(3)10-31(22)11-15/h5-7,10-13,25H,8-9H2,1-4H3,(H,27,28)/t12-,13-/m0/s1. The lowest BCUT2D eigenvalue weighted by Gasteiger charge is -2.37. The lowest BCUT2D eigenvalue weighted by molar-refractivity contribution is 0.407. The summed E-state index contributed by atoms with van der Waals surface area (Å²) in [5.74, 6) is -0.468. The van der Waals surface area contributed by atoms with Crippen molar-refractivity contribution in [3.8, 4) is 0 Å². The predicted molar refractivity (Wildman–Crippen MR) is 118 cm³/mol. The van der Waals surface area contributed by atoms with Gasteiger partial charge in [0.15, 0.2) is 17.3 Å². The summed E-state index contributed by atoms with van der Waals surface area (Å²) in [6.45, 7) is 7.67. The number of fused-ring (bicyclic) bond motifs is 2. The number of hydrogen-bond donors (Lipinski definition) is 2. The maximum atomic E-state index is 15.3. The maximum absolute atomic E-state index is 15.3. The molecule has 162 valence electrons. The average molecular weight is 425 g/mol. The molecule has 0 amide bonds. The first-order chi connectivity index (χ1) is 14.8. The topological polar surface area (TPSA) is 62.4 Å². The lowest BCUT2D eigenvalue weighted by Crippen LogP contribution is -2.54. The molecule has 0 radical (unpaired) electrons. The minimum absolute atomic E-state index is 0.254. The monoisotopic (exact) mass is 425 g/mol. The number of rotatable bonds is 3. The number of nitrogens with zero attached hydrogens (tertiary/aromatic N) is 5. The van der Waals surface area contributed by atoms with Gasteiger partial charge in [0, 0.05) is 56.4 Å². The highest BCUT2D eigenvalue weighted by atomic mass is 19.1. The van der Waals surface area contributed by atoms with Gasteiger partial charge in [-0.3, -0.25) is 4.68 Å². The highest BCUT2D eigenvalue weighted by Crippen LogP contribution is 2.33. The van der Waals surface area contributed by atoms with Crippen molar-refractivity contribution in [1.29, 1.82) is 0 Å². The van der Waals surface area contributed by atoms with Crippen LogP contribution >= 0.6 is 0 Å². The van der Waals surface area contributed by atoms with E-state index in [1.807, 2.05) is 6.07 Å². The zero-order valence-corrected chi connectivity index (χ0v) is 17.9. The van der Waals surface area contributed by atoms with E-state index < -0.39 is 5.82 Å². The smallest absolute Gasteiger partial charge is 0.173 e. The van der Waals surface area contributed by atoms with Crippen LogP contribution in [-0.2, 0) is 7.05 Å². The minimum Gasteiger partial charge on any atom is -0.368 e. The Bertz CT molecular complexity index is 1280. The van der Waals surface area contributed by atoms with Crippen LogP contribution < -0.4 is 15.5 Å². The lowest BCUT2D eigenvalue weighted by atomic mass is 10.1. The van der Waals surface area contributed by atoms with E-state index in [0.717, 1.165) is 24.5 Å². The number of anilines is 3. The van der Waals surface area contributed by atoms with Crippen LogP contribution in [0.15, 0.2) is 30.6 Å². The van der Waals surface area contributed by atoms with Gasteiger partial charge >= 0.3 is 0 Å². The van der Waals surface area contributed by atoms with Crippen LogP contribution in [0.3, 0.4) is 0 Å². The molecule has 9 heteroatoms. The minimum atomic E-state index is -0.456. The van der Waals surface area contributed by atoms with Gasteiger partial charge < -0.3 is 19.9 Å². The van der Waals surface area contributed by atoms with E-state index in [2.05, 4.69) is 39.5 Å². The molecule has 1 aliphatic rings. The SMILES string of the molecule is Cc1cn2cc(Nc3nn(C)c4cc(N5C[C@H](C)N[C@@H](C)C5)cc(F)c34)cc(F)c2n1. The van der Waals surface area contributed by atoms with Crippen molar-refractivity contribution in [2.45, 2.75) is 32.9 Å². The first-order valence-electron chi connectivity index (χ1n) is 10.4. The molecule has 0 aliphatic carbocycles. The number of hydrogen-bond acceptors (Lipinski definition) is 5. The van der Waals surface area contributed by atoms with Gasteiger partial charge in [0.05, 0.1) is 22.3 Å². The van der Waals surface area contributed by atoms with E-state index in [4.69, 9.17) is 0 Å². The Hall–Kier alpha value is -3.20. The summed E-state index contributed by atoms with van der Waals surface area (Å²) in [4.78, 5) is 6.36. The summed E-state index contributed by atoms with van der Waals surface area (Å²) in [5, 5.41) is 11.4. The van der Waals surface area contributed by atoms with Crippen molar-refractivity contribution in [2.75, 3.05) is 23.3 Å². The molecule has 0 unspecified atom stereocenters. The Kier molecular flexibility index (Phi) is 4.58. The van der Waals surface area contributed by atoms with Crippen molar-refractivity contribution in [3.63, 3.8) is 0 Å². The fraction of sp³-hybridized carbons (Fsp3) is 0.364. The molecule has 0 spiro atoms. The number of nitrogens with one attached hydrogen (secondary N) is 2. The Balaban J connectivity index is 1.53. The molecule has 0 bridgehead atoms. The van der Waals surface area contributed by atoms with Crippen molar-refractivity contribution >= 4 is 33.7 Å². The van der Waals surface area contributed by atoms with Crippen molar-refractivity contribution in [3.05, 3.63) is 47.9 Å².